The number of rotatable bonds is 15. The number of hydrogen-bond acceptors (Lipinski definition) is 5. The lowest BCUT2D eigenvalue weighted by molar-refractivity contribution is 0.411. The number of nitrogens with zero attached hydrogens (tertiary/aromatic N) is 5. The highest BCUT2D eigenvalue weighted by Gasteiger charge is 2.37. The SMILES string of the molecule is CC(C)(C)Cc1ccc2c(N(c3ccc(F)cc3)c3c(F)cc(F)cc3F)c3cc(C(C)(C)C)ccc3c(N(c3ccc(F)cc3)c3c(F)cc(F)cc3F)c2c1.CC(C)(C)Cc1ccc2c(N(c3ccc(F)cc3)c3c(F)cc(F)cc3F)c3cc(C(C)(C)C)ccc3cc2c1.CN(c1c(F)cc(F)cc1F)c1c2ccc(C(C)(C)C)cc2c(N(C)c2c(F)cc(F)cc2F)c2ccc(C(C)(C)C)cc12. The van der Waals surface area contributed by atoms with Crippen LogP contribution in [0.1, 0.15) is 158 Å². The van der Waals surface area contributed by atoms with Gasteiger partial charge in [-0.3, -0.25) is 0 Å². The summed E-state index contributed by atoms with van der Waals surface area (Å²) in [6.07, 6.45) is 1.37. The molecule has 0 aliphatic carbocycles. The van der Waals surface area contributed by atoms with Crippen molar-refractivity contribution in [1.82, 2.24) is 0 Å². The Morgan fingerprint density at radius 3 is 0.688 bits per heavy atom. The zero-order valence-corrected chi connectivity index (χ0v) is 81.6. The molecular weight excluding hydrogens is 1830 g/mol. The van der Waals surface area contributed by atoms with Crippen LogP contribution in [0.3, 0.4) is 0 Å². The molecule has 23 heteroatoms. The Kier molecular flexibility index (Phi) is 27.5. The molecule has 0 unspecified atom stereocenters. The van der Waals surface area contributed by atoms with E-state index in [1.165, 1.54) is 87.1 Å². The molecule has 0 spiro atoms. The summed E-state index contributed by atoms with van der Waals surface area (Å²) in [5, 5.41) is 6.80. The highest BCUT2D eigenvalue weighted by atomic mass is 19.2. The van der Waals surface area contributed by atoms with Gasteiger partial charge >= 0.3 is 0 Å². The zero-order chi connectivity index (χ0) is 103. The molecule has 0 saturated heterocycles. The molecule has 728 valence electrons. The van der Waals surface area contributed by atoms with Gasteiger partial charge in [-0.1, -0.05) is 203 Å². The maximum Gasteiger partial charge on any atom is 0.153 e. The molecule has 141 heavy (non-hydrogen) atoms. The van der Waals surface area contributed by atoms with E-state index >= 15 is 43.9 Å². The minimum atomic E-state index is -1.25. The van der Waals surface area contributed by atoms with Crippen LogP contribution in [-0.2, 0) is 34.5 Å². The molecule has 0 aromatic heterocycles. The fraction of sp³-hybridized carbons (Fsp3) is 0.237. The van der Waals surface area contributed by atoms with E-state index in [9.17, 15) is 35.1 Å². The normalized spacial score (nSPS) is 12.2. The van der Waals surface area contributed by atoms with E-state index in [2.05, 4.69) is 59.7 Å². The Labute approximate surface area is 808 Å². The molecule has 0 atom stereocenters. The second-order valence-corrected chi connectivity index (χ2v) is 42.4. The topological polar surface area (TPSA) is 16.2 Å². The van der Waals surface area contributed by atoms with Crippen LogP contribution in [-0.4, -0.2) is 14.1 Å². The maximum absolute atomic E-state index is 16.2. The van der Waals surface area contributed by atoms with Gasteiger partial charge in [0.15, 0.2) is 58.2 Å². The fourth-order valence-electron chi connectivity index (χ4n) is 18.4. The minimum Gasteiger partial charge on any atom is -0.339 e. The van der Waals surface area contributed by atoms with Gasteiger partial charge in [-0.15, -0.1) is 0 Å². The zero-order valence-electron chi connectivity index (χ0n) is 81.6. The van der Waals surface area contributed by atoms with Gasteiger partial charge in [0.05, 0.1) is 28.4 Å². The number of fused-ring (bicyclic) bond motifs is 6. The first-order valence-electron chi connectivity index (χ1n) is 45.9. The Balaban J connectivity index is 0.000000163. The molecule has 0 saturated carbocycles. The van der Waals surface area contributed by atoms with E-state index in [1.807, 2.05) is 162 Å². The van der Waals surface area contributed by atoms with Crippen molar-refractivity contribution < 1.29 is 79.0 Å². The van der Waals surface area contributed by atoms with Crippen molar-refractivity contribution in [3.8, 4) is 0 Å². The molecule has 0 N–H and O–H groups in total. The molecule has 0 fully saturated rings. The van der Waals surface area contributed by atoms with Gasteiger partial charge in [-0.2, -0.15) is 0 Å². The average Bonchev–Trinajstić information content (AvgIpc) is 0.713. The summed E-state index contributed by atoms with van der Waals surface area (Å²) in [7, 11) is 3.00. The van der Waals surface area contributed by atoms with Crippen molar-refractivity contribution in [2.24, 2.45) is 10.8 Å². The van der Waals surface area contributed by atoms with E-state index < -0.39 is 139 Å². The summed E-state index contributed by atoms with van der Waals surface area (Å²) < 4.78 is 271. The van der Waals surface area contributed by atoms with Crippen LogP contribution in [0.4, 0.5) is 153 Å². The first kappa shape index (κ1) is 101. The fourth-order valence-corrected chi connectivity index (χ4v) is 18.4. The van der Waals surface area contributed by atoms with Crippen molar-refractivity contribution in [2.45, 2.75) is 159 Å². The molecular formula is C118H105F18N5. The predicted molar refractivity (Wildman–Crippen MR) is 538 cm³/mol. The van der Waals surface area contributed by atoms with Gasteiger partial charge < -0.3 is 24.5 Å². The van der Waals surface area contributed by atoms with Crippen LogP contribution in [0.15, 0.2) is 249 Å². The Hall–Kier alpha value is -14.0. The second-order valence-electron chi connectivity index (χ2n) is 42.4. The lowest BCUT2D eigenvalue weighted by Gasteiger charge is -2.34. The largest absolute Gasteiger partial charge is 0.339 e. The van der Waals surface area contributed by atoms with Crippen LogP contribution >= 0.6 is 0 Å². The molecule has 0 aliphatic heterocycles. The van der Waals surface area contributed by atoms with Crippen molar-refractivity contribution >= 4 is 139 Å². The van der Waals surface area contributed by atoms with E-state index in [4.69, 9.17) is 0 Å². The van der Waals surface area contributed by atoms with Crippen LogP contribution in [0.2, 0.25) is 0 Å². The lowest BCUT2D eigenvalue weighted by Crippen LogP contribution is -2.19. The molecule has 17 aromatic rings. The van der Waals surface area contributed by atoms with Gasteiger partial charge in [-0.05, 0) is 199 Å². The lowest BCUT2D eigenvalue weighted by atomic mass is 9.83. The summed E-state index contributed by atoms with van der Waals surface area (Å²) in [6.45, 7) is 36.9. The Bertz CT molecular complexity index is 7490. The molecule has 0 heterocycles. The quantitative estimate of drug-likeness (QED) is 0.0576. The van der Waals surface area contributed by atoms with E-state index in [0.29, 0.717) is 133 Å². The molecule has 17 rings (SSSR count). The highest BCUT2D eigenvalue weighted by Crippen LogP contribution is 2.57. The van der Waals surface area contributed by atoms with Crippen LogP contribution in [0.25, 0.3) is 64.6 Å². The number of hydrogen-bond donors (Lipinski definition) is 0. The summed E-state index contributed by atoms with van der Waals surface area (Å²) >= 11 is 0. The number of benzene rings is 17. The van der Waals surface area contributed by atoms with Crippen molar-refractivity contribution in [2.75, 3.05) is 38.6 Å². The van der Waals surface area contributed by atoms with E-state index in [0.717, 1.165) is 85.6 Å². The van der Waals surface area contributed by atoms with Gasteiger partial charge in [-0.25, -0.2) is 79.0 Å². The predicted octanol–water partition coefficient (Wildman–Crippen LogP) is 36.8. The molecule has 17 aromatic carbocycles. The number of halogens is 18. The third kappa shape index (κ3) is 21.0. The maximum atomic E-state index is 16.2. The van der Waals surface area contributed by atoms with Crippen LogP contribution < -0.4 is 24.5 Å². The third-order valence-corrected chi connectivity index (χ3v) is 25.0. The van der Waals surface area contributed by atoms with E-state index in [1.54, 1.807) is 18.2 Å². The molecule has 0 aliphatic rings. The second kappa shape index (κ2) is 38.2. The molecule has 5 nitrogen and oxygen atoms in total. The summed E-state index contributed by atoms with van der Waals surface area (Å²) in [5.41, 5.74) is 3.68. The van der Waals surface area contributed by atoms with Gasteiger partial charge in [0, 0.05) is 146 Å². The van der Waals surface area contributed by atoms with Crippen LogP contribution in [0, 0.1) is 116 Å². The summed E-state index contributed by atoms with van der Waals surface area (Å²) in [4.78, 5) is 6.64. The average molecular weight is 1940 g/mol. The summed E-state index contributed by atoms with van der Waals surface area (Å²) in [5.74, 6) is -18.6. The Morgan fingerprint density at radius 2 is 0.404 bits per heavy atom. The van der Waals surface area contributed by atoms with E-state index in [-0.39, 0.29) is 49.8 Å². The van der Waals surface area contributed by atoms with Crippen molar-refractivity contribution in [1.29, 1.82) is 0 Å². The number of anilines is 13. The third-order valence-electron chi connectivity index (χ3n) is 25.0. The Morgan fingerprint density at radius 1 is 0.177 bits per heavy atom. The van der Waals surface area contributed by atoms with Gasteiger partial charge in [0.2, 0.25) is 0 Å². The molecule has 0 bridgehead atoms. The van der Waals surface area contributed by atoms with Crippen LogP contribution in [0.5, 0.6) is 0 Å². The molecule has 0 amide bonds. The monoisotopic (exact) mass is 1930 g/mol. The van der Waals surface area contributed by atoms with Gasteiger partial charge in [0.25, 0.3) is 0 Å². The molecule has 0 radical (unpaired) electrons. The first-order chi connectivity index (χ1) is 65.9. The summed E-state index contributed by atoms with van der Waals surface area (Å²) in [6, 6.07) is 57.6. The van der Waals surface area contributed by atoms with Crippen molar-refractivity contribution in [3.05, 3.63) is 387 Å². The highest BCUT2D eigenvalue weighted by molar-refractivity contribution is 6.25. The smallest absolute Gasteiger partial charge is 0.153 e. The van der Waals surface area contributed by atoms with Crippen molar-refractivity contribution in [3.63, 3.8) is 0 Å². The first-order valence-corrected chi connectivity index (χ1v) is 45.9. The minimum absolute atomic E-state index is 0.0650. The van der Waals surface area contributed by atoms with Gasteiger partial charge in [0.1, 0.15) is 75.0 Å². The standard InChI is InChI=1S/C47H38F8N2.C36H34F6N2.C35H33F4N/c1-46(2,3)25-26-7-17-34-36(19-26)42(56(32-13-9-28(48)10-14-32)44-38(52)21-30(50)22-39(44)53)35-18-8-27(47(4,5)6)20-37(35)43(34)57(33-15-11-29(49)12-16-33)45-40(54)23-31(51)24-41(45)55;1-35(2,3)19-9-11-23-25(13-19)31(43(7)33-27(39)15-21(37)16-28(33)40)24-12-10-20(36(4,5)6)14-26(24)32(23)44(8)34-29(41)17-22(38)18-30(34)42;1-34(2,3)20-21-7-14-28-23(15-21)16-22-8-9-24(35(4,5)6)17-29(22)32(28)40(27-12-10-25(36)11-13-27)33-30(38)18-26(37)19-31(33)39/h7-24H,25H2,1-6H3;9-18H,1-8H3;7-19H,20H2,1-6H3.